The van der Waals surface area contributed by atoms with Gasteiger partial charge in [-0.1, -0.05) is 42.5 Å². The van der Waals surface area contributed by atoms with E-state index >= 15 is 0 Å². The number of para-hydroxylation sites is 1. The number of aromatic nitrogens is 1. The highest BCUT2D eigenvalue weighted by Gasteiger charge is 2.27. The minimum Gasteiger partial charge on any atom is -0.490 e. The first kappa shape index (κ1) is 18.4. The summed E-state index contributed by atoms with van der Waals surface area (Å²) in [5.74, 6) is 0.0298. The zero-order valence-corrected chi connectivity index (χ0v) is 16.3. The number of amides is 1. The number of nitrogens with two attached hydrogens (primary N) is 1. The van der Waals surface area contributed by atoms with Gasteiger partial charge in [0.1, 0.15) is 17.7 Å². The Labute approximate surface area is 173 Å². The first-order chi connectivity index (χ1) is 14.6. The number of rotatable bonds is 4. The fourth-order valence-electron chi connectivity index (χ4n) is 4.40. The zero-order valence-electron chi connectivity index (χ0n) is 16.3. The van der Waals surface area contributed by atoms with Gasteiger partial charge in [-0.15, -0.1) is 0 Å². The second kappa shape index (κ2) is 7.34. The molecule has 0 saturated heterocycles. The Hall–Kier alpha value is -3.60. The van der Waals surface area contributed by atoms with Crippen LogP contribution in [0.3, 0.4) is 0 Å². The molecule has 3 N–H and O–H groups in total. The maximum atomic E-state index is 14.6. The summed E-state index contributed by atoms with van der Waals surface area (Å²) < 4.78 is 20.8. The van der Waals surface area contributed by atoms with E-state index in [9.17, 15) is 9.18 Å². The predicted octanol–water partition coefficient (Wildman–Crippen LogP) is 5.01. The quantitative estimate of drug-likeness (QED) is 0.506. The molecule has 0 aliphatic heterocycles. The summed E-state index contributed by atoms with van der Waals surface area (Å²) >= 11 is 0. The van der Waals surface area contributed by atoms with Crippen LogP contribution in [-0.4, -0.2) is 17.0 Å². The smallest absolute Gasteiger partial charge is 0.250 e. The number of fused-ring (bicyclic) bond motifs is 3. The molecule has 1 heterocycles. The molecule has 5 heteroatoms. The summed E-state index contributed by atoms with van der Waals surface area (Å²) in [6.07, 6.45) is 2.32. The van der Waals surface area contributed by atoms with Crippen LogP contribution in [0, 0.1) is 5.82 Å². The van der Waals surface area contributed by atoms with Gasteiger partial charge in [0.2, 0.25) is 0 Å². The number of primary amides is 1. The molecule has 1 aliphatic carbocycles. The molecule has 0 saturated carbocycles. The second-order valence-electron chi connectivity index (χ2n) is 7.63. The number of halogens is 1. The Morgan fingerprint density at radius 3 is 2.53 bits per heavy atom. The van der Waals surface area contributed by atoms with Crippen molar-refractivity contribution in [2.45, 2.75) is 25.4 Å². The molecule has 150 valence electrons. The lowest BCUT2D eigenvalue weighted by molar-refractivity contribution is 0.100. The Morgan fingerprint density at radius 2 is 1.77 bits per heavy atom. The van der Waals surface area contributed by atoms with Gasteiger partial charge in [-0.05, 0) is 48.2 Å². The van der Waals surface area contributed by atoms with Crippen molar-refractivity contribution >= 4 is 16.8 Å². The van der Waals surface area contributed by atoms with Crippen molar-refractivity contribution in [2.75, 3.05) is 0 Å². The van der Waals surface area contributed by atoms with Gasteiger partial charge in [0, 0.05) is 23.1 Å². The van der Waals surface area contributed by atoms with Gasteiger partial charge in [-0.3, -0.25) is 4.79 Å². The number of H-pyrrole nitrogens is 1. The van der Waals surface area contributed by atoms with E-state index in [1.54, 1.807) is 24.3 Å². The van der Waals surface area contributed by atoms with E-state index in [0.717, 1.165) is 40.8 Å². The summed E-state index contributed by atoms with van der Waals surface area (Å²) in [5, 5.41) is 0.854. The average molecular weight is 400 g/mol. The predicted molar refractivity (Wildman–Crippen MR) is 115 cm³/mol. The molecule has 0 bridgehead atoms. The lowest BCUT2D eigenvalue weighted by Gasteiger charge is -2.24. The molecule has 1 amide bonds. The van der Waals surface area contributed by atoms with E-state index in [4.69, 9.17) is 10.5 Å². The van der Waals surface area contributed by atoms with Crippen molar-refractivity contribution in [3.05, 3.63) is 89.4 Å². The molecule has 4 nitrogen and oxygen atoms in total. The largest absolute Gasteiger partial charge is 0.490 e. The summed E-state index contributed by atoms with van der Waals surface area (Å²) in [6.45, 7) is 0. The van der Waals surface area contributed by atoms with Gasteiger partial charge in [-0.2, -0.15) is 0 Å². The molecule has 4 aromatic rings. The van der Waals surface area contributed by atoms with Gasteiger partial charge in [-0.25, -0.2) is 4.39 Å². The monoisotopic (exact) mass is 400 g/mol. The molecule has 30 heavy (non-hydrogen) atoms. The van der Waals surface area contributed by atoms with Crippen LogP contribution in [-0.2, 0) is 12.8 Å². The lowest BCUT2D eigenvalue weighted by Crippen LogP contribution is -2.25. The van der Waals surface area contributed by atoms with E-state index in [2.05, 4.69) is 4.98 Å². The summed E-state index contributed by atoms with van der Waals surface area (Å²) in [7, 11) is 0. The van der Waals surface area contributed by atoms with E-state index in [1.165, 1.54) is 6.07 Å². The highest BCUT2D eigenvalue weighted by molar-refractivity contribution is 6.10. The van der Waals surface area contributed by atoms with Crippen molar-refractivity contribution in [3.63, 3.8) is 0 Å². The van der Waals surface area contributed by atoms with Gasteiger partial charge in [0.05, 0.1) is 11.1 Å². The average Bonchev–Trinajstić information content (AvgIpc) is 3.13. The van der Waals surface area contributed by atoms with Gasteiger partial charge >= 0.3 is 0 Å². The SMILES string of the molecule is NC(=O)c1ccc(-c2ccccc2F)c2c3c([nH]c12)CCC(Oc1ccccc1)C3. The van der Waals surface area contributed by atoms with Gasteiger partial charge in [0.25, 0.3) is 5.91 Å². The van der Waals surface area contributed by atoms with Crippen molar-refractivity contribution < 1.29 is 13.9 Å². The number of benzene rings is 3. The molecule has 1 aromatic heterocycles. The number of hydrogen-bond donors (Lipinski definition) is 2. The molecule has 0 spiro atoms. The van der Waals surface area contributed by atoms with Gasteiger partial charge in [0.15, 0.2) is 0 Å². The number of hydrogen-bond acceptors (Lipinski definition) is 2. The lowest BCUT2D eigenvalue weighted by atomic mass is 9.89. The summed E-state index contributed by atoms with van der Waals surface area (Å²) in [6, 6.07) is 19.9. The number of aromatic amines is 1. The highest BCUT2D eigenvalue weighted by atomic mass is 19.1. The maximum Gasteiger partial charge on any atom is 0.250 e. The normalized spacial score (nSPS) is 15.7. The van der Waals surface area contributed by atoms with Crippen LogP contribution in [0.5, 0.6) is 5.75 Å². The minimum atomic E-state index is -0.504. The van der Waals surface area contributed by atoms with Crippen molar-refractivity contribution in [1.82, 2.24) is 4.98 Å². The van der Waals surface area contributed by atoms with E-state index in [1.807, 2.05) is 36.4 Å². The molecular formula is C25H21FN2O2. The molecular weight excluding hydrogens is 379 g/mol. The van der Waals surface area contributed by atoms with Crippen molar-refractivity contribution in [2.24, 2.45) is 5.73 Å². The number of ether oxygens (including phenoxy) is 1. The number of carbonyl (C=O) groups is 1. The molecule has 1 atom stereocenters. The number of aryl methyl sites for hydroxylation is 1. The van der Waals surface area contributed by atoms with Crippen LogP contribution in [0.15, 0.2) is 66.7 Å². The number of nitrogens with one attached hydrogen (secondary N) is 1. The molecule has 0 radical (unpaired) electrons. The minimum absolute atomic E-state index is 0.00426. The van der Waals surface area contributed by atoms with E-state index in [-0.39, 0.29) is 11.9 Å². The Balaban J connectivity index is 1.65. The Kier molecular flexibility index (Phi) is 4.51. The van der Waals surface area contributed by atoms with Crippen LogP contribution >= 0.6 is 0 Å². The van der Waals surface area contributed by atoms with E-state index < -0.39 is 5.91 Å². The first-order valence-electron chi connectivity index (χ1n) is 10.0. The standard InChI is InChI=1S/C25H21FN2O2/c26-21-9-5-4-8-17(21)18-11-12-19(25(27)29)24-23(18)20-14-16(10-13-22(20)28-24)30-15-6-2-1-3-7-15/h1-9,11-12,16,28H,10,13-14H2,(H2,27,29). The van der Waals surface area contributed by atoms with Crippen LogP contribution in [0.4, 0.5) is 4.39 Å². The fourth-order valence-corrected chi connectivity index (χ4v) is 4.40. The van der Waals surface area contributed by atoms with E-state index in [0.29, 0.717) is 23.1 Å². The Morgan fingerprint density at radius 1 is 1.00 bits per heavy atom. The molecule has 1 aliphatic rings. The zero-order chi connectivity index (χ0) is 20.7. The van der Waals surface area contributed by atoms with Crippen molar-refractivity contribution in [1.29, 1.82) is 0 Å². The first-order valence-corrected chi connectivity index (χ1v) is 10.0. The number of carbonyl (C=O) groups excluding carboxylic acids is 1. The van der Waals surface area contributed by atoms with Crippen LogP contribution in [0.25, 0.3) is 22.0 Å². The van der Waals surface area contributed by atoms with Gasteiger partial charge < -0.3 is 15.5 Å². The highest BCUT2D eigenvalue weighted by Crippen LogP contribution is 2.39. The van der Waals surface area contributed by atoms with Crippen LogP contribution < -0.4 is 10.5 Å². The third-order valence-electron chi connectivity index (χ3n) is 5.77. The molecule has 1 unspecified atom stereocenters. The maximum absolute atomic E-state index is 14.6. The molecule has 3 aromatic carbocycles. The fraction of sp³-hybridized carbons (Fsp3) is 0.160. The second-order valence-corrected chi connectivity index (χ2v) is 7.63. The summed E-state index contributed by atoms with van der Waals surface area (Å²) in [5.41, 5.74) is 10.1. The van der Waals surface area contributed by atoms with Crippen molar-refractivity contribution in [3.8, 4) is 16.9 Å². The third-order valence-corrected chi connectivity index (χ3v) is 5.77. The van der Waals surface area contributed by atoms with Crippen LogP contribution in [0.1, 0.15) is 28.0 Å². The van der Waals surface area contributed by atoms with Crippen LogP contribution in [0.2, 0.25) is 0 Å². The molecule has 5 rings (SSSR count). The molecule has 0 fully saturated rings. The third kappa shape index (κ3) is 3.12. The Bertz CT molecular complexity index is 1250. The topological polar surface area (TPSA) is 68.1 Å². The summed E-state index contributed by atoms with van der Waals surface area (Å²) in [4.78, 5) is 15.5.